The quantitative estimate of drug-likeness (QED) is 0.627. The minimum Gasteiger partial charge on any atom is -0.481 e. The number of hydrogen-bond acceptors (Lipinski definition) is 3. The number of likely N-dealkylation sites (N-methyl/N-ethyl adjacent to an activating group) is 1. The molecule has 5 nitrogen and oxygen atoms in total. The van der Waals surface area contributed by atoms with Gasteiger partial charge in [0.2, 0.25) is 5.91 Å². The van der Waals surface area contributed by atoms with Crippen LogP contribution in [0.1, 0.15) is 20.8 Å². The molecule has 1 unspecified atom stereocenters. The standard InChI is InChI=1S/C9H17NO4/c1-6(8(13)14)7(12)10(4)9(2,3)5-11/h6,11H,5H2,1-4H3,(H,13,14). The zero-order valence-corrected chi connectivity index (χ0v) is 8.94. The summed E-state index contributed by atoms with van der Waals surface area (Å²) >= 11 is 0. The van der Waals surface area contributed by atoms with Gasteiger partial charge >= 0.3 is 5.97 Å². The molecule has 82 valence electrons. The van der Waals surface area contributed by atoms with Crippen molar-refractivity contribution in [2.24, 2.45) is 5.92 Å². The number of rotatable bonds is 4. The monoisotopic (exact) mass is 203 g/mol. The molecule has 0 saturated heterocycles. The van der Waals surface area contributed by atoms with E-state index in [1.165, 1.54) is 18.9 Å². The molecule has 14 heavy (non-hydrogen) atoms. The van der Waals surface area contributed by atoms with Crippen molar-refractivity contribution >= 4 is 11.9 Å². The van der Waals surface area contributed by atoms with Gasteiger partial charge in [-0.05, 0) is 20.8 Å². The second-order valence-electron chi connectivity index (χ2n) is 3.93. The Morgan fingerprint density at radius 3 is 2.14 bits per heavy atom. The van der Waals surface area contributed by atoms with Crippen LogP contribution in [0, 0.1) is 5.92 Å². The largest absolute Gasteiger partial charge is 0.481 e. The highest BCUT2D eigenvalue weighted by Gasteiger charge is 2.32. The van der Waals surface area contributed by atoms with Gasteiger partial charge in [-0.25, -0.2) is 0 Å². The summed E-state index contributed by atoms with van der Waals surface area (Å²) in [5, 5.41) is 17.6. The summed E-state index contributed by atoms with van der Waals surface area (Å²) in [6, 6.07) is 0. The Labute approximate surface area is 83.3 Å². The summed E-state index contributed by atoms with van der Waals surface area (Å²) in [6.07, 6.45) is 0. The van der Waals surface area contributed by atoms with Crippen molar-refractivity contribution in [1.82, 2.24) is 4.90 Å². The molecule has 0 saturated carbocycles. The maximum Gasteiger partial charge on any atom is 0.315 e. The van der Waals surface area contributed by atoms with Crippen LogP contribution in [0.25, 0.3) is 0 Å². The first-order valence-corrected chi connectivity index (χ1v) is 4.35. The molecule has 0 aromatic carbocycles. The average molecular weight is 203 g/mol. The summed E-state index contributed by atoms with van der Waals surface area (Å²) in [5.41, 5.74) is -0.735. The van der Waals surface area contributed by atoms with Crippen molar-refractivity contribution in [2.45, 2.75) is 26.3 Å². The first-order chi connectivity index (χ1) is 6.24. The fourth-order valence-electron chi connectivity index (χ4n) is 0.800. The summed E-state index contributed by atoms with van der Waals surface area (Å²) in [4.78, 5) is 23.3. The van der Waals surface area contributed by atoms with Crippen LogP contribution in [0.4, 0.5) is 0 Å². The molecule has 1 amide bonds. The Hall–Kier alpha value is -1.10. The van der Waals surface area contributed by atoms with E-state index in [1.54, 1.807) is 13.8 Å². The SMILES string of the molecule is CC(C(=O)O)C(=O)N(C)C(C)(C)CO. The Balaban J connectivity index is 4.63. The van der Waals surface area contributed by atoms with Crippen molar-refractivity contribution < 1.29 is 19.8 Å². The summed E-state index contributed by atoms with van der Waals surface area (Å²) in [7, 11) is 1.48. The maximum absolute atomic E-state index is 11.5. The summed E-state index contributed by atoms with van der Waals surface area (Å²) < 4.78 is 0. The fraction of sp³-hybridized carbons (Fsp3) is 0.778. The summed E-state index contributed by atoms with van der Waals surface area (Å²) in [6.45, 7) is 4.45. The van der Waals surface area contributed by atoms with Crippen molar-refractivity contribution in [3.05, 3.63) is 0 Å². The summed E-state index contributed by atoms with van der Waals surface area (Å²) in [5.74, 6) is -2.74. The molecule has 0 aliphatic rings. The van der Waals surface area contributed by atoms with E-state index in [0.29, 0.717) is 0 Å². The average Bonchev–Trinajstić information content (AvgIpc) is 2.14. The van der Waals surface area contributed by atoms with Gasteiger partial charge in [-0.3, -0.25) is 9.59 Å². The van der Waals surface area contributed by atoms with Gasteiger partial charge in [-0.1, -0.05) is 0 Å². The predicted molar refractivity (Wildman–Crippen MR) is 50.7 cm³/mol. The van der Waals surface area contributed by atoms with E-state index in [0.717, 1.165) is 0 Å². The first-order valence-electron chi connectivity index (χ1n) is 4.35. The van der Waals surface area contributed by atoms with Crippen LogP contribution < -0.4 is 0 Å². The Morgan fingerprint density at radius 1 is 1.43 bits per heavy atom. The van der Waals surface area contributed by atoms with Crippen molar-refractivity contribution in [2.75, 3.05) is 13.7 Å². The number of amides is 1. The third kappa shape index (κ3) is 2.70. The molecule has 1 atom stereocenters. The van der Waals surface area contributed by atoms with Crippen LogP contribution in [0.3, 0.4) is 0 Å². The van der Waals surface area contributed by atoms with E-state index >= 15 is 0 Å². The highest BCUT2D eigenvalue weighted by Crippen LogP contribution is 2.14. The van der Waals surface area contributed by atoms with Gasteiger partial charge in [0, 0.05) is 7.05 Å². The molecule has 0 aromatic heterocycles. The number of nitrogens with zero attached hydrogens (tertiary/aromatic N) is 1. The lowest BCUT2D eigenvalue weighted by molar-refractivity contribution is -0.152. The van der Waals surface area contributed by atoms with Crippen molar-refractivity contribution in [3.8, 4) is 0 Å². The van der Waals surface area contributed by atoms with E-state index in [-0.39, 0.29) is 6.61 Å². The van der Waals surface area contributed by atoms with Crippen LogP contribution in [0.2, 0.25) is 0 Å². The minimum absolute atomic E-state index is 0.207. The van der Waals surface area contributed by atoms with Crippen molar-refractivity contribution in [3.63, 3.8) is 0 Å². The number of carbonyl (C=O) groups excluding carboxylic acids is 1. The van der Waals surface area contributed by atoms with Gasteiger partial charge in [-0.2, -0.15) is 0 Å². The molecule has 0 aliphatic carbocycles. The predicted octanol–water partition coefficient (Wildman–Crippen LogP) is -0.0636. The number of aliphatic hydroxyl groups excluding tert-OH is 1. The number of aliphatic hydroxyl groups is 1. The smallest absolute Gasteiger partial charge is 0.315 e. The lowest BCUT2D eigenvalue weighted by Crippen LogP contribution is -2.50. The molecule has 0 bridgehead atoms. The first kappa shape index (κ1) is 12.9. The molecular formula is C9H17NO4. The third-order valence-electron chi connectivity index (χ3n) is 2.37. The molecule has 0 radical (unpaired) electrons. The highest BCUT2D eigenvalue weighted by molar-refractivity contribution is 5.96. The minimum atomic E-state index is -1.16. The molecule has 0 aromatic rings. The van der Waals surface area contributed by atoms with E-state index in [4.69, 9.17) is 10.2 Å². The molecule has 0 spiro atoms. The number of carbonyl (C=O) groups is 2. The van der Waals surface area contributed by atoms with E-state index in [9.17, 15) is 9.59 Å². The van der Waals surface area contributed by atoms with Crippen LogP contribution in [0.15, 0.2) is 0 Å². The van der Waals surface area contributed by atoms with Gasteiger partial charge in [0.25, 0.3) is 0 Å². The number of carboxylic acid groups (broad SMARTS) is 1. The van der Waals surface area contributed by atoms with Crippen LogP contribution in [0.5, 0.6) is 0 Å². The highest BCUT2D eigenvalue weighted by atomic mass is 16.4. The maximum atomic E-state index is 11.5. The number of carboxylic acids is 1. The van der Waals surface area contributed by atoms with Crippen molar-refractivity contribution in [1.29, 1.82) is 0 Å². The van der Waals surface area contributed by atoms with Gasteiger partial charge in [-0.15, -0.1) is 0 Å². The van der Waals surface area contributed by atoms with Crippen LogP contribution >= 0.6 is 0 Å². The van der Waals surface area contributed by atoms with Crippen LogP contribution in [-0.4, -0.2) is 46.2 Å². The molecule has 5 heteroatoms. The molecule has 0 heterocycles. The number of hydrogen-bond donors (Lipinski definition) is 2. The molecule has 0 fully saturated rings. The lowest BCUT2D eigenvalue weighted by Gasteiger charge is -2.34. The Morgan fingerprint density at radius 2 is 1.86 bits per heavy atom. The normalized spacial score (nSPS) is 13.5. The van der Waals surface area contributed by atoms with Gasteiger partial charge in [0.05, 0.1) is 12.1 Å². The van der Waals surface area contributed by atoms with Gasteiger partial charge < -0.3 is 15.1 Å². The van der Waals surface area contributed by atoms with E-state index in [2.05, 4.69) is 0 Å². The number of aliphatic carboxylic acids is 1. The molecule has 0 rings (SSSR count). The zero-order valence-electron chi connectivity index (χ0n) is 8.94. The Bertz CT molecular complexity index is 237. The Kier molecular flexibility index (Phi) is 4.07. The van der Waals surface area contributed by atoms with Gasteiger partial charge in [0.1, 0.15) is 5.92 Å². The second kappa shape index (κ2) is 4.41. The third-order valence-corrected chi connectivity index (χ3v) is 2.37. The molecule has 0 aliphatic heterocycles. The fourth-order valence-corrected chi connectivity index (χ4v) is 0.800. The van der Waals surface area contributed by atoms with E-state index in [1.807, 2.05) is 0 Å². The van der Waals surface area contributed by atoms with Crippen LogP contribution in [-0.2, 0) is 9.59 Å². The molecular weight excluding hydrogens is 186 g/mol. The van der Waals surface area contributed by atoms with Gasteiger partial charge in [0.15, 0.2) is 0 Å². The molecule has 2 N–H and O–H groups in total. The zero-order chi connectivity index (χ0) is 11.5. The van der Waals surface area contributed by atoms with E-state index < -0.39 is 23.3 Å². The second-order valence-corrected chi connectivity index (χ2v) is 3.93. The lowest BCUT2D eigenvalue weighted by atomic mass is 10.0. The topological polar surface area (TPSA) is 77.8 Å².